The zero-order valence-corrected chi connectivity index (χ0v) is 24.5. The van der Waals surface area contributed by atoms with E-state index in [1.54, 1.807) is 11.8 Å². The molecule has 0 bridgehead atoms. The summed E-state index contributed by atoms with van der Waals surface area (Å²) in [6.07, 6.45) is 24.6. The van der Waals surface area contributed by atoms with Gasteiger partial charge < -0.3 is 15.7 Å². The first-order valence-electron chi connectivity index (χ1n) is 15.2. The van der Waals surface area contributed by atoms with Crippen LogP contribution in [0.2, 0.25) is 0 Å². The second-order valence-corrected chi connectivity index (χ2v) is 11.9. The molecule has 0 aliphatic heterocycles. The van der Waals surface area contributed by atoms with Gasteiger partial charge >= 0.3 is 5.97 Å². The Morgan fingerprint density at radius 3 is 2.13 bits per heavy atom. The number of nitrogens with one attached hydrogen (secondary N) is 2. The summed E-state index contributed by atoms with van der Waals surface area (Å²) in [7, 11) is 0. The summed E-state index contributed by atoms with van der Waals surface area (Å²) in [5, 5.41) is 15.7. The lowest BCUT2D eigenvalue weighted by Gasteiger charge is -2.30. The van der Waals surface area contributed by atoms with Crippen molar-refractivity contribution < 1.29 is 14.7 Å². The maximum atomic E-state index is 12.0. The van der Waals surface area contributed by atoms with Crippen molar-refractivity contribution >= 4 is 23.6 Å². The van der Waals surface area contributed by atoms with Crippen molar-refractivity contribution in [2.24, 2.45) is 0 Å². The third kappa shape index (κ3) is 16.2. The summed E-state index contributed by atoms with van der Waals surface area (Å²) in [5.74, 6) is -0.474. The number of thioether (sulfide) groups is 1. The lowest BCUT2D eigenvalue weighted by molar-refractivity contribution is -0.137. The smallest absolute Gasteiger partial charge is 0.305 e. The van der Waals surface area contributed by atoms with Crippen LogP contribution >= 0.6 is 11.8 Å². The third-order valence-electron chi connectivity index (χ3n) is 7.36. The molecule has 1 aromatic rings. The first kappa shape index (κ1) is 32.4. The van der Waals surface area contributed by atoms with Gasteiger partial charge in [-0.1, -0.05) is 95.1 Å². The average molecular weight is 545 g/mol. The molecule has 1 aromatic carbocycles. The number of aliphatic carboxylic acids is 1. The van der Waals surface area contributed by atoms with Crippen LogP contribution in [0, 0.1) is 0 Å². The minimum Gasteiger partial charge on any atom is -0.481 e. The Kier molecular flexibility index (Phi) is 18.0. The summed E-state index contributed by atoms with van der Waals surface area (Å²) < 4.78 is 0. The Bertz CT molecular complexity index is 758. The summed E-state index contributed by atoms with van der Waals surface area (Å²) in [5.41, 5.74) is 0. The number of carbonyl (C=O) groups is 2. The number of hydrogen-bond donors (Lipinski definition) is 3. The summed E-state index contributed by atoms with van der Waals surface area (Å²) in [6.45, 7) is 2.18. The lowest BCUT2D eigenvalue weighted by atomic mass is 9.91. The second kappa shape index (κ2) is 21.1. The fraction of sp³-hybridized carbons (Fsp3) is 0.688. The van der Waals surface area contributed by atoms with Crippen LogP contribution in [0.3, 0.4) is 0 Å². The van der Waals surface area contributed by atoms with Gasteiger partial charge in [-0.15, -0.1) is 11.8 Å². The highest BCUT2D eigenvalue weighted by Gasteiger charge is 2.19. The predicted molar refractivity (Wildman–Crippen MR) is 161 cm³/mol. The monoisotopic (exact) mass is 544 g/mol. The molecule has 6 heteroatoms. The van der Waals surface area contributed by atoms with Gasteiger partial charge in [0.05, 0.1) is 6.42 Å². The number of allylic oxidation sites excluding steroid dienone is 1. The SMILES string of the molecule is C1CCC(NC2CCCCC2)CC1.CCCCCCC=CCC(=O)N[C@H](CSc1ccccc1)CC(=O)O. The number of unbranched alkanes of at least 4 members (excludes halogenated alkanes) is 4. The molecule has 1 atom stereocenters. The highest BCUT2D eigenvalue weighted by molar-refractivity contribution is 7.99. The second-order valence-electron chi connectivity index (χ2n) is 10.8. The van der Waals surface area contributed by atoms with Gasteiger partial charge in [0.1, 0.15) is 0 Å². The molecule has 0 unspecified atom stereocenters. The number of benzene rings is 1. The van der Waals surface area contributed by atoms with Gasteiger partial charge in [0.25, 0.3) is 0 Å². The van der Waals surface area contributed by atoms with Crippen LogP contribution in [0.4, 0.5) is 0 Å². The van der Waals surface area contributed by atoms with Crippen LogP contribution in [0.1, 0.15) is 116 Å². The van der Waals surface area contributed by atoms with E-state index in [-0.39, 0.29) is 18.4 Å². The van der Waals surface area contributed by atoms with E-state index in [1.165, 1.54) is 83.5 Å². The van der Waals surface area contributed by atoms with Crippen molar-refractivity contribution in [2.45, 2.75) is 139 Å². The molecule has 3 rings (SSSR count). The minimum absolute atomic E-state index is 0.0632. The van der Waals surface area contributed by atoms with Crippen LogP contribution in [0.25, 0.3) is 0 Å². The minimum atomic E-state index is -0.898. The van der Waals surface area contributed by atoms with E-state index >= 15 is 0 Å². The molecule has 0 radical (unpaired) electrons. The number of hydrogen-bond acceptors (Lipinski definition) is 4. The van der Waals surface area contributed by atoms with Crippen LogP contribution in [0.5, 0.6) is 0 Å². The molecule has 2 aliphatic rings. The number of carbonyl (C=O) groups excluding carboxylic acids is 1. The first-order valence-corrected chi connectivity index (χ1v) is 16.2. The zero-order valence-electron chi connectivity index (χ0n) is 23.7. The van der Waals surface area contributed by atoms with E-state index in [0.29, 0.717) is 12.2 Å². The van der Waals surface area contributed by atoms with Crippen molar-refractivity contribution in [1.29, 1.82) is 0 Å². The molecule has 2 fully saturated rings. The summed E-state index contributed by atoms with van der Waals surface area (Å²) >= 11 is 1.56. The van der Waals surface area contributed by atoms with Gasteiger partial charge in [-0.3, -0.25) is 9.59 Å². The van der Waals surface area contributed by atoms with Crippen molar-refractivity contribution in [1.82, 2.24) is 10.6 Å². The number of amides is 1. The number of carboxylic acid groups (broad SMARTS) is 1. The van der Waals surface area contributed by atoms with Crippen molar-refractivity contribution in [2.75, 3.05) is 5.75 Å². The molecule has 3 N–H and O–H groups in total. The van der Waals surface area contributed by atoms with Gasteiger partial charge in [0.15, 0.2) is 0 Å². The standard InChI is InChI=1S/C20H29NO3S.C12H23N/c1-2-3-4-5-6-7-11-14-19(22)21-17(15-20(23)24)16-25-18-12-9-8-10-13-18;1-3-7-11(8-4-1)13-12-9-5-2-6-10-12/h7-13,17H,2-6,14-16H2,1H3,(H,21,22)(H,23,24);11-13H,1-10H2/t17-;/m0./s1. The largest absolute Gasteiger partial charge is 0.481 e. The van der Waals surface area contributed by atoms with Crippen LogP contribution in [0.15, 0.2) is 47.4 Å². The average Bonchev–Trinajstić information content (AvgIpc) is 2.93. The Balaban J connectivity index is 0.000000323. The van der Waals surface area contributed by atoms with Gasteiger partial charge in [0.2, 0.25) is 5.91 Å². The Hall–Kier alpha value is -1.79. The Labute approximate surface area is 236 Å². The van der Waals surface area contributed by atoms with Crippen molar-refractivity contribution in [3.05, 3.63) is 42.5 Å². The van der Waals surface area contributed by atoms with E-state index in [4.69, 9.17) is 5.11 Å². The molecule has 38 heavy (non-hydrogen) atoms. The summed E-state index contributed by atoms with van der Waals surface area (Å²) in [4.78, 5) is 24.1. The molecule has 0 saturated heterocycles. The van der Waals surface area contributed by atoms with Gasteiger partial charge in [-0.05, 0) is 50.7 Å². The molecular formula is C32H52N2O3S. The van der Waals surface area contributed by atoms with Crippen LogP contribution < -0.4 is 10.6 Å². The van der Waals surface area contributed by atoms with Crippen LogP contribution in [-0.2, 0) is 9.59 Å². The molecule has 0 heterocycles. The highest BCUT2D eigenvalue weighted by atomic mass is 32.2. The number of carboxylic acids is 1. The molecule has 2 aliphatic carbocycles. The Morgan fingerprint density at radius 1 is 0.921 bits per heavy atom. The molecule has 0 aromatic heterocycles. The fourth-order valence-corrected chi connectivity index (χ4v) is 6.18. The van der Waals surface area contributed by atoms with E-state index in [2.05, 4.69) is 17.6 Å². The highest BCUT2D eigenvalue weighted by Crippen LogP contribution is 2.22. The molecule has 0 spiro atoms. The molecule has 214 valence electrons. The quantitative estimate of drug-likeness (QED) is 0.119. The molecule has 5 nitrogen and oxygen atoms in total. The Morgan fingerprint density at radius 2 is 1.55 bits per heavy atom. The topological polar surface area (TPSA) is 78.4 Å². The zero-order chi connectivity index (χ0) is 27.3. The van der Waals surface area contributed by atoms with E-state index < -0.39 is 5.97 Å². The molecular weight excluding hydrogens is 492 g/mol. The predicted octanol–water partition coefficient (Wildman–Crippen LogP) is 7.90. The van der Waals surface area contributed by atoms with Gasteiger partial charge in [-0.25, -0.2) is 0 Å². The fourth-order valence-electron chi connectivity index (χ4n) is 5.23. The van der Waals surface area contributed by atoms with Gasteiger partial charge in [0, 0.05) is 35.2 Å². The summed E-state index contributed by atoms with van der Waals surface area (Å²) in [6, 6.07) is 11.2. The van der Waals surface area contributed by atoms with Crippen molar-refractivity contribution in [3.63, 3.8) is 0 Å². The number of rotatable bonds is 15. The van der Waals surface area contributed by atoms with Crippen LogP contribution in [-0.4, -0.2) is 40.9 Å². The van der Waals surface area contributed by atoms with E-state index in [0.717, 1.165) is 29.8 Å². The lowest BCUT2D eigenvalue weighted by Crippen LogP contribution is -2.40. The molecule has 2 saturated carbocycles. The third-order valence-corrected chi connectivity index (χ3v) is 8.53. The van der Waals surface area contributed by atoms with Crippen molar-refractivity contribution in [3.8, 4) is 0 Å². The normalized spacial score (nSPS) is 17.5. The van der Waals surface area contributed by atoms with Gasteiger partial charge in [-0.2, -0.15) is 0 Å². The maximum absolute atomic E-state index is 12.0. The van der Waals surface area contributed by atoms with E-state index in [9.17, 15) is 9.59 Å². The maximum Gasteiger partial charge on any atom is 0.305 e. The first-order chi connectivity index (χ1) is 18.6. The molecule has 1 amide bonds. The van der Waals surface area contributed by atoms with E-state index in [1.807, 2.05) is 42.5 Å².